The third kappa shape index (κ3) is 7.37. The monoisotopic (exact) mass is 293 g/mol. The second kappa shape index (κ2) is 10.5. The van der Waals surface area contributed by atoms with Gasteiger partial charge in [0.25, 0.3) is 0 Å². The zero-order valence-corrected chi connectivity index (χ0v) is 13.6. The van der Waals surface area contributed by atoms with E-state index >= 15 is 0 Å². The maximum absolute atomic E-state index is 9.80. The van der Waals surface area contributed by atoms with Crippen LogP contribution in [0.1, 0.15) is 76.8 Å². The first kappa shape index (κ1) is 17.8. The van der Waals surface area contributed by atoms with Crippen molar-refractivity contribution in [1.29, 1.82) is 0 Å². The summed E-state index contributed by atoms with van der Waals surface area (Å²) in [7, 11) is 0. The molecule has 0 aromatic heterocycles. The molecule has 0 bridgehead atoms. The molecule has 0 aliphatic heterocycles. The van der Waals surface area contributed by atoms with E-state index in [1.165, 1.54) is 51.0 Å². The van der Waals surface area contributed by atoms with Crippen molar-refractivity contribution in [2.45, 2.75) is 71.3 Å². The molecule has 0 saturated heterocycles. The number of hydrogen-bond donors (Lipinski definition) is 3. The Hall–Kier alpha value is -1.22. The van der Waals surface area contributed by atoms with Gasteiger partial charge in [-0.25, -0.2) is 0 Å². The van der Waals surface area contributed by atoms with Gasteiger partial charge in [-0.05, 0) is 38.1 Å². The zero-order valence-electron chi connectivity index (χ0n) is 13.6. The predicted molar refractivity (Wildman–Crippen MR) is 88.8 cm³/mol. The van der Waals surface area contributed by atoms with E-state index in [-0.39, 0.29) is 17.5 Å². The molecular weight excluding hydrogens is 262 g/mol. The van der Waals surface area contributed by atoms with E-state index in [0.717, 1.165) is 18.5 Å². The fourth-order valence-corrected chi connectivity index (χ4v) is 2.58. The number of aromatic hydroxyl groups is 2. The summed E-state index contributed by atoms with van der Waals surface area (Å²) in [5, 5.41) is 22.7. The molecule has 120 valence electrons. The van der Waals surface area contributed by atoms with E-state index in [1.54, 1.807) is 12.1 Å². The van der Waals surface area contributed by atoms with Crippen molar-refractivity contribution in [3.63, 3.8) is 0 Å². The highest BCUT2D eigenvalue weighted by molar-refractivity contribution is 5.40. The summed E-state index contributed by atoms with van der Waals surface area (Å²) < 4.78 is 0. The summed E-state index contributed by atoms with van der Waals surface area (Å²) in [4.78, 5) is 0. The standard InChI is InChI=1S/C18H31NO2/c1-3-4-5-6-7-8-9-10-13-19-15(2)17-14-16(20)11-12-18(17)21/h11-12,14-15,19-21H,3-10,13H2,1-2H3. The van der Waals surface area contributed by atoms with E-state index < -0.39 is 0 Å². The van der Waals surface area contributed by atoms with Gasteiger partial charge >= 0.3 is 0 Å². The third-order valence-corrected chi connectivity index (χ3v) is 3.96. The van der Waals surface area contributed by atoms with E-state index in [9.17, 15) is 10.2 Å². The average molecular weight is 293 g/mol. The van der Waals surface area contributed by atoms with Crippen molar-refractivity contribution in [2.75, 3.05) is 6.54 Å². The van der Waals surface area contributed by atoms with Gasteiger partial charge in [0.05, 0.1) is 0 Å². The molecule has 0 aliphatic rings. The zero-order chi connectivity index (χ0) is 15.5. The van der Waals surface area contributed by atoms with Crippen molar-refractivity contribution >= 4 is 0 Å². The molecule has 3 heteroatoms. The van der Waals surface area contributed by atoms with Crippen molar-refractivity contribution in [3.8, 4) is 11.5 Å². The van der Waals surface area contributed by atoms with Crippen LogP contribution in [0, 0.1) is 0 Å². The molecule has 1 aromatic carbocycles. The number of nitrogens with one attached hydrogen (secondary N) is 1. The second-order valence-corrected chi connectivity index (χ2v) is 5.89. The lowest BCUT2D eigenvalue weighted by molar-refractivity contribution is 0.439. The lowest BCUT2D eigenvalue weighted by Gasteiger charge is -2.15. The molecule has 21 heavy (non-hydrogen) atoms. The normalized spacial score (nSPS) is 12.5. The van der Waals surface area contributed by atoms with Crippen LogP contribution in [0.25, 0.3) is 0 Å². The van der Waals surface area contributed by atoms with Crippen molar-refractivity contribution in [1.82, 2.24) is 5.32 Å². The average Bonchev–Trinajstić information content (AvgIpc) is 2.48. The SMILES string of the molecule is CCCCCCCCCCNC(C)c1cc(O)ccc1O. The third-order valence-electron chi connectivity index (χ3n) is 3.96. The number of phenols is 2. The number of hydrogen-bond acceptors (Lipinski definition) is 3. The Morgan fingerprint density at radius 3 is 2.24 bits per heavy atom. The molecule has 1 aromatic rings. The summed E-state index contributed by atoms with van der Waals surface area (Å²) in [6, 6.07) is 4.73. The fraction of sp³-hybridized carbons (Fsp3) is 0.667. The van der Waals surface area contributed by atoms with Crippen LogP contribution in [-0.4, -0.2) is 16.8 Å². The highest BCUT2D eigenvalue weighted by Crippen LogP contribution is 2.27. The van der Waals surface area contributed by atoms with Gasteiger partial charge in [0.1, 0.15) is 11.5 Å². The summed E-state index contributed by atoms with van der Waals surface area (Å²) in [5.41, 5.74) is 0.759. The number of benzene rings is 1. The molecular formula is C18H31NO2. The van der Waals surface area contributed by atoms with Crippen LogP contribution < -0.4 is 5.32 Å². The van der Waals surface area contributed by atoms with E-state index in [4.69, 9.17) is 0 Å². The topological polar surface area (TPSA) is 52.5 Å². The smallest absolute Gasteiger partial charge is 0.120 e. The van der Waals surface area contributed by atoms with Crippen LogP contribution in [0.15, 0.2) is 18.2 Å². The molecule has 0 amide bonds. The summed E-state index contributed by atoms with van der Waals surface area (Å²) in [6.45, 7) is 5.21. The van der Waals surface area contributed by atoms with Gasteiger partial charge in [-0.15, -0.1) is 0 Å². The Balaban J connectivity index is 2.11. The van der Waals surface area contributed by atoms with Crippen LogP contribution in [0.3, 0.4) is 0 Å². The van der Waals surface area contributed by atoms with Crippen LogP contribution >= 0.6 is 0 Å². The second-order valence-electron chi connectivity index (χ2n) is 5.89. The highest BCUT2D eigenvalue weighted by atomic mass is 16.3. The van der Waals surface area contributed by atoms with Gasteiger partial charge in [0.2, 0.25) is 0 Å². The Bertz CT molecular complexity index is 393. The van der Waals surface area contributed by atoms with E-state index in [1.807, 2.05) is 6.92 Å². The molecule has 3 N–H and O–H groups in total. The summed E-state index contributed by atoms with van der Waals surface area (Å²) in [5.74, 6) is 0.437. The molecule has 0 saturated carbocycles. The Morgan fingerprint density at radius 1 is 0.952 bits per heavy atom. The lowest BCUT2D eigenvalue weighted by atomic mass is 10.1. The van der Waals surface area contributed by atoms with E-state index in [0.29, 0.717) is 0 Å². The molecule has 0 fully saturated rings. The number of phenolic OH excluding ortho intramolecular Hbond substituents is 2. The molecule has 1 unspecified atom stereocenters. The van der Waals surface area contributed by atoms with Gasteiger partial charge < -0.3 is 15.5 Å². The molecule has 0 aliphatic carbocycles. The number of unbranched alkanes of at least 4 members (excludes halogenated alkanes) is 7. The van der Waals surface area contributed by atoms with Gasteiger partial charge in [-0.2, -0.15) is 0 Å². The lowest BCUT2D eigenvalue weighted by Crippen LogP contribution is -2.19. The van der Waals surface area contributed by atoms with Crippen LogP contribution in [0.4, 0.5) is 0 Å². The number of rotatable bonds is 11. The maximum Gasteiger partial charge on any atom is 0.120 e. The minimum Gasteiger partial charge on any atom is -0.508 e. The van der Waals surface area contributed by atoms with Crippen molar-refractivity contribution in [3.05, 3.63) is 23.8 Å². The first-order chi connectivity index (χ1) is 10.1. The summed E-state index contributed by atoms with van der Waals surface area (Å²) in [6.07, 6.45) is 10.5. The molecule has 1 rings (SSSR count). The maximum atomic E-state index is 9.80. The molecule has 0 heterocycles. The van der Waals surface area contributed by atoms with Crippen LogP contribution in [-0.2, 0) is 0 Å². The fourth-order valence-electron chi connectivity index (χ4n) is 2.58. The molecule has 1 atom stereocenters. The molecule has 0 spiro atoms. The van der Waals surface area contributed by atoms with Gasteiger partial charge in [-0.1, -0.05) is 51.9 Å². The van der Waals surface area contributed by atoms with Crippen LogP contribution in [0.2, 0.25) is 0 Å². The minimum absolute atomic E-state index is 0.0571. The first-order valence-corrected chi connectivity index (χ1v) is 8.40. The van der Waals surface area contributed by atoms with Gasteiger partial charge in [-0.3, -0.25) is 0 Å². The van der Waals surface area contributed by atoms with Gasteiger partial charge in [0, 0.05) is 11.6 Å². The quantitative estimate of drug-likeness (QED) is 0.402. The minimum atomic E-state index is 0.0571. The molecule has 0 radical (unpaired) electrons. The highest BCUT2D eigenvalue weighted by Gasteiger charge is 2.10. The summed E-state index contributed by atoms with van der Waals surface area (Å²) >= 11 is 0. The van der Waals surface area contributed by atoms with Crippen LogP contribution in [0.5, 0.6) is 11.5 Å². The largest absolute Gasteiger partial charge is 0.508 e. The Kier molecular flexibility index (Phi) is 8.91. The van der Waals surface area contributed by atoms with Gasteiger partial charge in [0.15, 0.2) is 0 Å². The Morgan fingerprint density at radius 2 is 1.57 bits per heavy atom. The van der Waals surface area contributed by atoms with E-state index in [2.05, 4.69) is 12.2 Å². The van der Waals surface area contributed by atoms with Crippen molar-refractivity contribution in [2.24, 2.45) is 0 Å². The molecule has 3 nitrogen and oxygen atoms in total. The Labute approximate surface area is 129 Å². The first-order valence-electron chi connectivity index (χ1n) is 8.40. The van der Waals surface area contributed by atoms with Crippen molar-refractivity contribution < 1.29 is 10.2 Å². The predicted octanol–water partition coefficient (Wildman–Crippen LogP) is 4.89.